The smallest absolute Gasteiger partial charge is 1.00 e. The third kappa shape index (κ3) is 14.4. The predicted molar refractivity (Wildman–Crippen MR) is 201 cm³/mol. The number of hydrogen-bond donors (Lipinski definition) is 1. The molecular weight excluding hydrogens is 1020 g/mol. The fraction of sp³-hybridized carbons (Fsp3) is 0.472. The van der Waals surface area contributed by atoms with Crippen LogP contribution in [0.2, 0.25) is 0 Å². The van der Waals surface area contributed by atoms with Gasteiger partial charge in [0.15, 0.2) is 0 Å². The maximum atomic E-state index is 14.5. The number of alkyl carbamates (subject to hydrolysis) is 1. The quantitative estimate of drug-likeness (QED) is 0.0814. The number of imide groups is 2. The molecule has 0 radical (unpaired) electrons. The molecule has 2 saturated heterocycles. The van der Waals surface area contributed by atoms with Crippen molar-refractivity contribution in [3.05, 3.63) is 67.1 Å². The van der Waals surface area contributed by atoms with Crippen LogP contribution in [0.3, 0.4) is 0 Å². The van der Waals surface area contributed by atoms with Crippen molar-refractivity contribution in [1.82, 2.24) is 10.2 Å². The number of benzene rings is 2. The molecule has 6 rings (SSSR count). The van der Waals surface area contributed by atoms with Gasteiger partial charge in [-0.1, -0.05) is 55.2 Å². The van der Waals surface area contributed by atoms with Crippen LogP contribution in [0.25, 0.3) is 0 Å². The first-order chi connectivity index (χ1) is 25.4. The van der Waals surface area contributed by atoms with E-state index in [0.29, 0.717) is 37.8 Å². The molecule has 2 aliphatic heterocycles. The number of esters is 2. The Hall–Kier alpha value is -0.737. The van der Waals surface area contributed by atoms with Crippen molar-refractivity contribution in [2.45, 2.75) is 97.1 Å². The number of amides is 4. The van der Waals surface area contributed by atoms with Crippen LogP contribution >= 0.6 is 47.8 Å². The first-order valence-electron chi connectivity index (χ1n) is 16.2. The summed E-state index contributed by atoms with van der Waals surface area (Å²) in [6, 6.07) is 5.94. The fourth-order valence-corrected chi connectivity index (χ4v) is 7.12. The van der Waals surface area contributed by atoms with Gasteiger partial charge in [0.2, 0.25) is 11.2 Å². The topological polar surface area (TPSA) is 204 Å². The van der Waals surface area contributed by atoms with Gasteiger partial charge in [0.05, 0.1) is 0 Å². The van der Waals surface area contributed by atoms with Gasteiger partial charge in [-0.05, 0) is 89.8 Å². The van der Waals surface area contributed by atoms with Crippen LogP contribution in [-0.4, -0.2) is 70.4 Å². The maximum absolute atomic E-state index is 14.5. The van der Waals surface area contributed by atoms with Crippen LogP contribution in [0.5, 0.6) is 0 Å². The summed E-state index contributed by atoms with van der Waals surface area (Å²) in [6.45, 7) is 9.81. The van der Waals surface area contributed by atoms with Crippen LogP contribution in [0.15, 0.2) is 33.2 Å². The molecule has 2 aromatic carbocycles. The maximum Gasteiger partial charge on any atom is 1.00 e. The molecule has 0 saturated carbocycles. The monoisotopic (exact) mass is 1060 g/mol. The van der Waals surface area contributed by atoms with Crippen molar-refractivity contribution in [1.29, 1.82) is 0 Å². The summed E-state index contributed by atoms with van der Waals surface area (Å²) in [6.07, 6.45) is -0.452. The summed E-state index contributed by atoms with van der Waals surface area (Å²) >= 11 is 9.39. The molecule has 2 unspecified atom stereocenters. The molecular formula is C36H41Br3F2K2N2O13. The summed E-state index contributed by atoms with van der Waals surface area (Å²) in [4.78, 5) is 82.4. The van der Waals surface area contributed by atoms with Crippen molar-refractivity contribution in [2.24, 2.45) is 0 Å². The Labute approximate surface area is 445 Å². The molecule has 310 valence electrons. The van der Waals surface area contributed by atoms with E-state index in [1.54, 1.807) is 32.9 Å². The van der Waals surface area contributed by atoms with E-state index in [-0.39, 0.29) is 159 Å². The van der Waals surface area contributed by atoms with E-state index in [4.69, 9.17) is 29.0 Å². The number of nitrogens with zero attached hydrogens (tertiary/aromatic N) is 1. The number of alkyl halides is 1. The standard InChI is InChI=1S/C17H17BrFNO5.C11H7BrFNO3.C6H11BrO2.CH2O3.CH4.2K.H/c1-16(2,3)24-12(21)8-20-14(22)17(25-15(20)23)5-4-9-6-10(18)7-11(19)13(9)17;12-6-3-5-1-2-11(8(5)7(13)4-6)9(15)14-10(16)17-11;1-6(2,3)9-5(8)4-7;2-1-4-3;;;;/h6-7H,4-5,8H2,1-3H3;3-4H,1-2H2,(H,14,15,16);4H2,1-3H3;1,3H;1H4;;;/q;;;;;2*+1;-1/p-1. The third-order valence-electron chi connectivity index (χ3n) is 7.77. The fourth-order valence-electron chi connectivity index (χ4n) is 6.05. The van der Waals surface area contributed by atoms with Gasteiger partial charge >= 0.3 is 127 Å². The Kier molecular flexibility index (Phi) is 23.3. The summed E-state index contributed by atoms with van der Waals surface area (Å²) in [5.74, 6) is -3.42. The largest absolute Gasteiger partial charge is 1.00 e. The van der Waals surface area contributed by atoms with Crippen molar-refractivity contribution in [2.75, 3.05) is 11.9 Å². The van der Waals surface area contributed by atoms with Crippen LogP contribution in [-0.2, 0) is 71.9 Å². The van der Waals surface area contributed by atoms with Crippen LogP contribution in [0.4, 0.5) is 18.4 Å². The normalized spacial score (nSPS) is 19.3. The molecule has 15 nitrogen and oxygen atoms in total. The number of halogens is 5. The first-order valence-corrected chi connectivity index (χ1v) is 18.9. The number of rotatable bonds is 4. The molecule has 2 heterocycles. The number of carbonyl (C=O) groups is 7. The molecule has 2 spiro atoms. The Bertz CT molecular complexity index is 1900. The Morgan fingerprint density at radius 1 is 0.862 bits per heavy atom. The van der Waals surface area contributed by atoms with Crippen LogP contribution in [0.1, 0.15) is 85.5 Å². The minimum absolute atomic E-state index is 0. The van der Waals surface area contributed by atoms with Crippen molar-refractivity contribution < 1.29 is 176 Å². The van der Waals surface area contributed by atoms with Gasteiger partial charge in [-0.3, -0.25) is 29.3 Å². The van der Waals surface area contributed by atoms with E-state index in [1.165, 1.54) is 12.1 Å². The minimum atomic E-state index is -1.70. The van der Waals surface area contributed by atoms with Gasteiger partial charge in [0.25, 0.3) is 18.3 Å². The zero-order valence-corrected chi connectivity index (χ0v) is 43.3. The Morgan fingerprint density at radius 3 is 1.67 bits per heavy atom. The molecule has 0 aromatic heterocycles. The summed E-state index contributed by atoms with van der Waals surface area (Å²) in [5, 5.41) is 10.8. The van der Waals surface area contributed by atoms with E-state index >= 15 is 0 Å². The molecule has 4 aliphatic rings. The molecule has 1 N–H and O–H groups in total. The molecule has 2 fully saturated rings. The molecule has 58 heavy (non-hydrogen) atoms. The van der Waals surface area contributed by atoms with Crippen LogP contribution in [0, 0.1) is 11.6 Å². The van der Waals surface area contributed by atoms with Gasteiger partial charge in [-0.15, -0.1) is 0 Å². The summed E-state index contributed by atoms with van der Waals surface area (Å²) in [5.41, 5.74) is -2.71. The van der Waals surface area contributed by atoms with E-state index < -0.39 is 65.0 Å². The first kappa shape index (κ1) is 57.3. The van der Waals surface area contributed by atoms with E-state index in [9.17, 15) is 37.5 Å². The number of hydrogen-bond acceptors (Lipinski definition) is 13. The number of aryl methyl sites for hydroxylation is 2. The minimum Gasteiger partial charge on any atom is -1.00 e. The SMILES string of the molecule is C.CC(C)(C)OC(=O)CBr.CC(C)(C)OC(=O)CN1C(=O)OC2(CCc3cc(Br)cc(F)c32)C1=O.O=C1NC(=O)C2(CCc3cc(Br)cc(F)c32)O1.O=CO[O-].[H-].[K+].[K+]. The van der Waals surface area contributed by atoms with Gasteiger partial charge in [0.1, 0.15) is 34.7 Å². The second-order valence-corrected chi connectivity index (χ2v) is 16.5. The number of fused-ring (bicyclic) bond motifs is 4. The number of nitrogens with one attached hydrogen (secondary N) is 1. The van der Waals surface area contributed by atoms with Crippen LogP contribution < -0.4 is 113 Å². The predicted octanol–water partition coefficient (Wildman–Crippen LogP) is -0.0394. The number of carbonyl (C=O) groups excluding carboxylic acids is 7. The number of ether oxygens (including phenoxy) is 4. The van der Waals surface area contributed by atoms with Crippen molar-refractivity contribution in [3.8, 4) is 0 Å². The Morgan fingerprint density at radius 2 is 1.29 bits per heavy atom. The summed E-state index contributed by atoms with van der Waals surface area (Å²) < 4.78 is 49.9. The zero-order valence-electron chi connectivity index (χ0n) is 33.3. The van der Waals surface area contributed by atoms with Crippen molar-refractivity contribution in [3.63, 3.8) is 0 Å². The second kappa shape index (κ2) is 23.6. The van der Waals surface area contributed by atoms with E-state index in [0.717, 1.165) is 0 Å². The van der Waals surface area contributed by atoms with E-state index in [2.05, 4.69) is 58.0 Å². The molecule has 4 amide bonds. The Balaban J connectivity index is 0. The van der Waals surface area contributed by atoms with Gasteiger partial charge in [-0.2, -0.15) is 0 Å². The molecule has 2 aliphatic carbocycles. The van der Waals surface area contributed by atoms with Gasteiger partial charge < -0.3 is 30.5 Å². The van der Waals surface area contributed by atoms with Gasteiger partial charge in [-0.25, -0.2) is 23.3 Å². The zero-order chi connectivity index (χ0) is 41.7. The van der Waals surface area contributed by atoms with Gasteiger partial charge in [0, 0.05) is 32.9 Å². The average molecular weight is 1070 g/mol. The van der Waals surface area contributed by atoms with E-state index in [1.807, 2.05) is 20.8 Å². The molecule has 22 heteroatoms. The molecule has 0 bridgehead atoms. The summed E-state index contributed by atoms with van der Waals surface area (Å²) in [7, 11) is 0. The average Bonchev–Trinajstić information content (AvgIpc) is 3.76. The van der Waals surface area contributed by atoms with Crippen molar-refractivity contribution >= 4 is 90.2 Å². The molecule has 2 aromatic rings. The molecule has 2 atom stereocenters. The second-order valence-electron chi connectivity index (χ2n) is 14.1. The third-order valence-corrected chi connectivity index (χ3v) is 9.14.